The summed E-state index contributed by atoms with van der Waals surface area (Å²) in [6, 6.07) is 0.341. The first-order valence-electron chi connectivity index (χ1n) is 6.70. The number of carbonyl (C=O) groups excluding carboxylic acids is 1. The van der Waals surface area contributed by atoms with Crippen molar-refractivity contribution in [1.82, 2.24) is 4.90 Å². The lowest BCUT2D eigenvalue weighted by molar-refractivity contribution is -0.155. The zero-order valence-electron chi connectivity index (χ0n) is 10.0. The fourth-order valence-electron chi connectivity index (χ4n) is 3.63. The number of hydrogen-bond acceptors (Lipinski definition) is 2. The fourth-order valence-corrected chi connectivity index (χ4v) is 3.63. The number of likely N-dealkylation sites (tertiary alicyclic amines) is 1. The van der Waals surface area contributed by atoms with Gasteiger partial charge in [0.15, 0.2) is 0 Å². The van der Waals surface area contributed by atoms with E-state index in [1.807, 2.05) is 4.90 Å². The Morgan fingerprint density at radius 3 is 2.47 bits per heavy atom. The van der Waals surface area contributed by atoms with Gasteiger partial charge in [0.2, 0.25) is 5.91 Å². The molecular formula is C13H19NO3. The van der Waals surface area contributed by atoms with Gasteiger partial charge in [0.25, 0.3) is 0 Å². The van der Waals surface area contributed by atoms with Crippen molar-refractivity contribution in [3.8, 4) is 0 Å². The van der Waals surface area contributed by atoms with Gasteiger partial charge in [0, 0.05) is 12.6 Å². The van der Waals surface area contributed by atoms with Gasteiger partial charge in [-0.05, 0) is 44.4 Å². The van der Waals surface area contributed by atoms with E-state index in [0.717, 1.165) is 19.4 Å². The molecule has 17 heavy (non-hydrogen) atoms. The molecule has 1 saturated heterocycles. The molecule has 3 aliphatic rings. The summed E-state index contributed by atoms with van der Waals surface area (Å²) in [5.41, 5.74) is -1.04. The fraction of sp³-hybridized carbons (Fsp3) is 0.846. The van der Waals surface area contributed by atoms with E-state index >= 15 is 0 Å². The number of rotatable bonds is 2. The Balaban J connectivity index is 1.79. The van der Waals surface area contributed by atoms with Crippen LogP contribution in [0.2, 0.25) is 0 Å². The summed E-state index contributed by atoms with van der Waals surface area (Å²) >= 11 is 0. The molecule has 0 radical (unpaired) electrons. The van der Waals surface area contributed by atoms with Crippen LogP contribution in [0.25, 0.3) is 0 Å². The van der Waals surface area contributed by atoms with Crippen LogP contribution < -0.4 is 0 Å². The van der Waals surface area contributed by atoms with Gasteiger partial charge in [-0.3, -0.25) is 9.59 Å². The zero-order chi connectivity index (χ0) is 12.0. The van der Waals surface area contributed by atoms with Gasteiger partial charge in [0.1, 0.15) is 5.41 Å². The summed E-state index contributed by atoms with van der Waals surface area (Å²) in [6.45, 7) is 0.773. The Labute approximate surface area is 101 Å². The smallest absolute Gasteiger partial charge is 0.319 e. The molecule has 2 unspecified atom stereocenters. The summed E-state index contributed by atoms with van der Waals surface area (Å²) in [5.74, 6) is -0.374. The first kappa shape index (κ1) is 11.1. The normalized spacial score (nSPS) is 34.2. The molecule has 1 heterocycles. The summed E-state index contributed by atoms with van der Waals surface area (Å²) < 4.78 is 0. The van der Waals surface area contributed by atoms with E-state index in [-0.39, 0.29) is 5.91 Å². The minimum absolute atomic E-state index is 0.0957. The van der Waals surface area contributed by atoms with Crippen LogP contribution >= 0.6 is 0 Å². The third-order valence-corrected chi connectivity index (χ3v) is 4.82. The number of hydrogen-bond donors (Lipinski definition) is 1. The van der Waals surface area contributed by atoms with E-state index in [2.05, 4.69) is 0 Å². The second kappa shape index (κ2) is 3.72. The van der Waals surface area contributed by atoms with Gasteiger partial charge < -0.3 is 10.0 Å². The van der Waals surface area contributed by atoms with Gasteiger partial charge in [-0.15, -0.1) is 0 Å². The predicted octanol–water partition coefficient (Wildman–Crippen LogP) is 1.64. The molecule has 4 heteroatoms. The van der Waals surface area contributed by atoms with Crippen LogP contribution in [0.5, 0.6) is 0 Å². The van der Waals surface area contributed by atoms with Gasteiger partial charge in [-0.1, -0.05) is 6.42 Å². The molecule has 1 aliphatic heterocycles. The summed E-state index contributed by atoms with van der Waals surface area (Å²) in [6.07, 6.45) is 6.82. The largest absolute Gasteiger partial charge is 0.480 e. The highest BCUT2D eigenvalue weighted by Crippen LogP contribution is 2.49. The first-order chi connectivity index (χ1) is 8.15. The third-order valence-electron chi connectivity index (χ3n) is 4.82. The maximum Gasteiger partial charge on any atom is 0.319 e. The number of amides is 1. The highest BCUT2D eigenvalue weighted by Gasteiger charge is 2.59. The van der Waals surface area contributed by atoms with Crippen LogP contribution in [-0.2, 0) is 9.59 Å². The number of carbonyl (C=O) groups is 2. The number of nitrogens with zero attached hydrogens (tertiary/aromatic N) is 1. The van der Waals surface area contributed by atoms with Crippen molar-refractivity contribution < 1.29 is 14.7 Å². The lowest BCUT2D eigenvalue weighted by atomic mass is 9.90. The minimum Gasteiger partial charge on any atom is -0.480 e. The van der Waals surface area contributed by atoms with Crippen LogP contribution in [0.3, 0.4) is 0 Å². The number of carboxylic acids is 1. The maximum atomic E-state index is 12.4. The minimum atomic E-state index is -1.04. The Morgan fingerprint density at radius 1 is 1.12 bits per heavy atom. The molecule has 94 valence electrons. The van der Waals surface area contributed by atoms with E-state index in [4.69, 9.17) is 0 Å². The first-order valence-corrected chi connectivity index (χ1v) is 6.70. The van der Waals surface area contributed by atoms with E-state index in [9.17, 15) is 14.7 Å². The standard InChI is InChI=1S/C13H19NO3/c15-11(13(6-7-13)12(16)17)14-8-2-4-9-3-1-5-10(9)14/h9-10H,1-8H2,(H,16,17). The highest BCUT2D eigenvalue weighted by molar-refractivity contribution is 6.05. The SMILES string of the molecule is O=C(O)C1(C(=O)N2CCCC3CCCC32)CC1. The molecule has 1 amide bonds. The molecule has 0 aromatic heterocycles. The van der Waals surface area contributed by atoms with Crippen molar-refractivity contribution in [2.24, 2.45) is 11.3 Å². The Bertz CT molecular complexity index is 362. The van der Waals surface area contributed by atoms with Crippen molar-refractivity contribution in [2.75, 3.05) is 6.54 Å². The van der Waals surface area contributed by atoms with E-state index < -0.39 is 11.4 Å². The molecule has 1 N–H and O–H groups in total. The Hall–Kier alpha value is -1.06. The molecule has 0 aromatic carbocycles. The number of fused-ring (bicyclic) bond motifs is 1. The summed E-state index contributed by atoms with van der Waals surface area (Å²) in [7, 11) is 0. The van der Waals surface area contributed by atoms with E-state index in [0.29, 0.717) is 24.8 Å². The second-order valence-electron chi connectivity index (χ2n) is 5.79. The highest BCUT2D eigenvalue weighted by atomic mass is 16.4. The lowest BCUT2D eigenvalue weighted by Gasteiger charge is -2.39. The Kier molecular flexibility index (Phi) is 2.42. The molecule has 3 fully saturated rings. The summed E-state index contributed by atoms with van der Waals surface area (Å²) in [4.78, 5) is 25.5. The van der Waals surface area contributed by atoms with Crippen LogP contribution in [-0.4, -0.2) is 34.5 Å². The van der Waals surface area contributed by atoms with Crippen molar-refractivity contribution in [3.05, 3.63) is 0 Å². The van der Waals surface area contributed by atoms with Crippen LogP contribution in [0, 0.1) is 11.3 Å². The Morgan fingerprint density at radius 2 is 1.82 bits per heavy atom. The topological polar surface area (TPSA) is 57.6 Å². The van der Waals surface area contributed by atoms with Crippen molar-refractivity contribution in [1.29, 1.82) is 0 Å². The molecule has 0 aromatic rings. The van der Waals surface area contributed by atoms with Gasteiger partial charge >= 0.3 is 5.97 Å². The third kappa shape index (κ3) is 1.57. The summed E-state index contributed by atoms with van der Waals surface area (Å²) in [5, 5.41) is 9.20. The van der Waals surface area contributed by atoms with Crippen molar-refractivity contribution in [3.63, 3.8) is 0 Å². The maximum absolute atomic E-state index is 12.4. The lowest BCUT2D eigenvalue weighted by Crippen LogP contribution is -2.50. The number of piperidine rings is 1. The van der Waals surface area contributed by atoms with Crippen molar-refractivity contribution in [2.45, 2.75) is 51.0 Å². The quantitative estimate of drug-likeness (QED) is 0.743. The van der Waals surface area contributed by atoms with Crippen molar-refractivity contribution >= 4 is 11.9 Å². The monoisotopic (exact) mass is 237 g/mol. The molecule has 2 saturated carbocycles. The number of aliphatic carboxylic acids is 1. The molecule has 3 rings (SSSR count). The average Bonchev–Trinajstić information content (AvgIpc) is 3.00. The molecular weight excluding hydrogens is 218 g/mol. The molecule has 4 nitrogen and oxygen atoms in total. The molecule has 2 atom stereocenters. The number of carboxylic acid groups (broad SMARTS) is 1. The van der Waals surface area contributed by atoms with Gasteiger partial charge in [0.05, 0.1) is 0 Å². The predicted molar refractivity (Wildman–Crippen MR) is 61.4 cm³/mol. The zero-order valence-corrected chi connectivity index (χ0v) is 10.0. The molecule has 0 spiro atoms. The van der Waals surface area contributed by atoms with Gasteiger partial charge in [-0.25, -0.2) is 0 Å². The van der Waals surface area contributed by atoms with E-state index in [1.165, 1.54) is 19.3 Å². The molecule has 0 bridgehead atoms. The van der Waals surface area contributed by atoms with Gasteiger partial charge in [-0.2, -0.15) is 0 Å². The van der Waals surface area contributed by atoms with Crippen LogP contribution in [0.4, 0.5) is 0 Å². The van der Waals surface area contributed by atoms with Crippen LogP contribution in [0.1, 0.15) is 44.9 Å². The van der Waals surface area contributed by atoms with E-state index in [1.54, 1.807) is 0 Å². The van der Waals surface area contributed by atoms with Crippen LogP contribution in [0.15, 0.2) is 0 Å². The second-order valence-corrected chi connectivity index (χ2v) is 5.79. The molecule has 2 aliphatic carbocycles. The average molecular weight is 237 g/mol.